The third-order valence-corrected chi connectivity index (χ3v) is 2.07. The highest BCUT2D eigenvalue weighted by Crippen LogP contribution is 2.11. The van der Waals surface area contributed by atoms with E-state index in [0.717, 1.165) is 10.9 Å². The Kier molecular flexibility index (Phi) is 1.66. The Morgan fingerprint density at radius 3 is 2.83 bits per heavy atom. The maximum Gasteiger partial charge on any atom is 0.261 e. The first-order valence-electron chi connectivity index (χ1n) is 3.58. The summed E-state index contributed by atoms with van der Waals surface area (Å²) in [6.45, 7) is 0. The molecule has 2 nitrogen and oxygen atoms in total. The topological polar surface area (TPSA) is 32.9 Å². The molecule has 3 heteroatoms. The van der Waals surface area contributed by atoms with Gasteiger partial charge in [0.15, 0.2) is 0 Å². The summed E-state index contributed by atoms with van der Waals surface area (Å²) in [5.41, 5.74) is 0.706. The first kappa shape index (κ1) is 7.43. The summed E-state index contributed by atoms with van der Waals surface area (Å²) in [5.74, 6) is 0. The van der Waals surface area contributed by atoms with Crippen LogP contribution in [0.15, 0.2) is 40.0 Å². The molecule has 0 unspecified atom stereocenters. The fourth-order valence-electron chi connectivity index (χ4n) is 1.14. The molecule has 2 rings (SSSR count). The smallest absolute Gasteiger partial charge is 0.261 e. The van der Waals surface area contributed by atoms with Crippen LogP contribution in [-0.2, 0) is 0 Å². The molecule has 1 aromatic heterocycles. The maximum absolute atomic E-state index is 11.1. The molecule has 12 heavy (non-hydrogen) atoms. The lowest BCUT2D eigenvalue weighted by Gasteiger charge is -1.96. The number of para-hydroxylation sites is 1. The minimum atomic E-state index is -0.142. The van der Waals surface area contributed by atoms with E-state index in [-0.39, 0.29) is 5.56 Å². The molecule has 0 fully saturated rings. The molecule has 0 saturated carbocycles. The number of aromatic amines is 1. The van der Waals surface area contributed by atoms with Gasteiger partial charge in [0.1, 0.15) is 0 Å². The SMILES string of the molecule is O=c1[nH]c2ccccc2cc1S. The molecule has 1 N–H and O–H groups in total. The second-order valence-corrected chi connectivity index (χ2v) is 3.05. The van der Waals surface area contributed by atoms with Crippen molar-refractivity contribution in [3.05, 3.63) is 40.7 Å². The number of thiol groups is 1. The first-order valence-corrected chi connectivity index (χ1v) is 4.03. The summed E-state index contributed by atoms with van der Waals surface area (Å²) in [7, 11) is 0. The van der Waals surface area contributed by atoms with Crippen molar-refractivity contribution in [2.45, 2.75) is 4.90 Å². The van der Waals surface area contributed by atoms with Crippen molar-refractivity contribution < 1.29 is 0 Å². The molecule has 0 bridgehead atoms. The van der Waals surface area contributed by atoms with Gasteiger partial charge in [0.05, 0.1) is 4.90 Å². The first-order chi connectivity index (χ1) is 5.77. The van der Waals surface area contributed by atoms with Gasteiger partial charge < -0.3 is 4.98 Å². The molecule has 0 spiro atoms. The van der Waals surface area contributed by atoms with Crippen LogP contribution < -0.4 is 5.56 Å². The van der Waals surface area contributed by atoms with Gasteiger partial charge in [0, 0.05) is 5.52 Å². The zero-order chi connectivity index (χ0) is 8.55. The van der Waals surface area contributed by atoms with Crippen LogP contribution >= 0.6 is 12.6 Å². The van der Waals surface area contributed by atoms with E-state index in [1.807, 2.05) is 24.3 Å². The van der Waals surface area contributed by atoms with Crippen LogP contribution in [-0.4, -0.2) is 4.98 Å². The van der Waals surface area contributed by atoms with E-state index in [0.29, 0.717) is 4.90 Å². The number of fused-ring (bicyclic) bond motifs is 1. The number of hydrogen-bond acceptors (Lipinski definition) is 2. The van der Waals surface area contributed by atoms with Crippen LogP contribution in [0, 0.1) is 0 Å². The van der Waals surface area contributed by atoms with Crippen molar-refractivity contribution in [2.24, 2.45) is 0 Å². The van der Waals surface area contributed by atoms with Gasteiger partial charge in [-0.15, -0.1) is 12.6 Å². The van der Waals surface area contributed by atoms with Crippen LogP contribution in [0.5, 0.6) is 0 Å². The average molecular weight is 177 g/mol. The predicted molar refractivity (Wildman–Crippen MR) is 51.8 cm³/mol. The Hall–Kier alpha value is -1.22. The Labute approximate surface area is 74.6 Å². The van der Waals surface area contributed by atoms with E-state index >= 15 is 0 Å². The van der Waals surface area contributed by atoms with Gasteiger partial charge in [-0.2, -0.15) is 0 Å². The minimum absolute atomic E-state index is 0.142. The highest BCUT2D eigenvalue weighted by Gasteiger charge is 1.96. The van der Waals surface area contributed by atoms with Crippen LogP contribution in [0.3, 0.4) is 0 Å². The van der Waals surface area contributed by atoms with Crippen molar-refractivity contribution in [1.82, 2.24) is 4.98 Å². The molecule has 0 atom stereocenters. The summed E-state index contributed by atoms with van der Waals surface area (Å²) in [4.78, 5) is 14.3. The van der Waals surface area contributed by atoms with Crippen LogP contribution in [0.1, 0.15) is 0 Å². The van der Waals surface area contributed by atoms with Gasteiger partial charge in [-0.25, -0.2) is 0 Å². The fraction of sp³-hybridized carbons (Fsp3) is 0. The third kappa shape index (κ3) is 1.12. The number of pyridine rings is 1. The highest BCUT2D eigenvalue weighted by molar-refractivity contribution is 7.80. The van der Waals surface area contributed by atoms with Crippen molar-refractivity contribution >= 4 is 23.5 Å². The quantitative estimate of drug-likeness (QED) is 0.591. The molecule has 0 aliphatic heterocycles. The predicted octanol–water partition coefficient (Wildman–Crippen LogP) is 1.82. The number of rotatable bonds is 0. The average Bonchev–Trinajstić information content (AvgIpc) is 2.07. The minimum Gasteiger partial charge on any atom is -0.321 e. The molecule has 1 aromatic carbocycles. The monoisotopic (exact) mass is 177 g/mol. The van der Waals surface area contributed by atoms with Crippen molar-refractivity contribution in [3.63, 3.8) is 0 Å². The zero-order valence-electron chi connectivity index (χ0n) is 6.24. The molecular formula is C9H7NOS. The van der Waals surface area contributed by atoms with Crippen molar-refractivity contribution in [2.75, 3.05) is 0 Å². The molecule has 2 aromatic rings. The summed E-state index contributed by atoms with van der Waals surface area (Å²) >= 11 is 4.03. The van der Waals surface area contributed by atoms with Gasteiger partial charge in [0.2, 0.25) is 0 Å². The van der Waals surface area contributed by atoms with E-state index < -0.39 is 0 Å². The van der Waals surface area contributed by atoms with Crippen LogP contribution in [0.4, 0.5) is 0 Å². The van der Waals surface area contributed by atoms with Gasteiger partial charge in [0.25, 0.3) is 5.56 Å². The number of benzene rings is 1. The van der Waals surface area contributed by atoms with Crippen LogP contribution in [0.2, 0.25) is 0 Å². The van der Waals surface area contributed by atoms with Gasteiger partial charge >= 0.3 is 0 Å². The lowest BCUT2D eigenvalue weighted by atomic mass is 10.2. The second-order valence-electron chi connectivity index (χ2n) is 2.57. The Morgan fingerprint density at radius 1 is 1.25 bits per heavy atom. The number of H-pyrrole nitrogens is 1. The standard InChI is InChI=1S/C9H7NOS/c11-9-8(12)5-6-3-1-2-4-7(6)10-9/h1-5,12H,(H,10,11). The summed E-state index contributed by atoms with van der Waals surface area (Å²) in [6, 6.07) is 9.37. The highest BCUT2D eigenvalue weighted by atomic mass is 32.1. The molecule has 1 heterocycles. The van der Waals surface area contributed by atoms with Crippen molar-refractivity contribution in [1.29, 1.82) is 0 Å². The Bertz CT molecular complexity index is 475. The Morgan fingerprint density at radius 2 is 2.00 bits per heavy atom. The molecule has 0 aliphatic carbocycles. The zero-order valence-corrected chi connectivity index (χ0v) is 7.14. The van der Waals surface area contributed by atoms with E-state index in [2.05, 4.69) is 17.6 Å². The molecular weight excluding hydrogens is 170 g/mol. The van der Waals surface area contributed by atoms with E-state index in [9.17, 15) is 4.79 Å². The normalized spacial score (nSPS) is 10.4. The summed E-state index contributed by atoms with van der Waals surface area (Å²) in [6.07, 6.45) is 0. The number of hydrogen-bond donors (Lipinski definition) is 2. The van der Waals surface area contributed by atoms with Gasteiger partial charge in [-0.05, 0) is 17.5 Å². The van der Waals surface area contributed by atoms with Crippen molar-refractivity contribution in [3.8, 4) is 0 Å². The maximum atomic E-state index is 11.1. The second kappa shape index (κ2) is 2.68. The fourth-order valence-corrected chi connectivity index (χ4v) is 1.33. The Balaban J connectivity index is 2.93. The lowest BCUT2D eigenvalue weighted by molar-refractivity contribution is 1.20. The van der Waals surface area contributed by atoms with Gasteiger partial charge in [-0.3, -0.25) is 4.79 Å². The number of aromatic nitrogens is 1. The van der Waals surface area contributed by atoms with E-state index in [1.165, 1.54) is 0 Å². The molecule has 60 valence electrons. The summed E-state index contributed by atoms with van der Waals surface area (Å²) in [5, 5.41) is 1.00. The number of nitrogens with one attached hydrogen (secondary N) is 1. The molecule has 0 radical (unpaired) electrons. The van der Waals surface area contributed by atoms with Gasteiger partial charge in [-0.1, -0.05) is 18.2 Å². The van der Waals surface area contributed by atoms with Crippen LogP contribution in [0.25, 0.3) is 10.9 Å². The van der Waals surface area contributed by atoms with E-state index in [4.69, 9.17) is 0 Å². The molecule has 0 amide bonds. The van der Waals surface area contributed by atoms with E-state index in [1.54, 1.807) is 6.07 Å². The largest absolute Gasteiger partial charge is 0.321 e. The third-order valence-electron chi connectivity index (χ3n) is 1.73. The summed E-state index contributed by atoms with van der Waals surface area (Å²) < 4.78 is 0. The lowest BCUT2D eigenvalue weighted by Crippen LogP contribution is -2.05. The molecule has 0 aliphatic rings. The molecule has 0 saturated heterocycles.